The zero-order valence-corrected chi connectivity index (χ0v) is 19.7. The van der Waals surface area contributed by atoms with Crippen molar-refractivity contribution >= 4 is 21.6 Å². The van der Waals surface area contributed by atoms with Gasteiger partial charge in [0.05, 0.1) is 16.7 Å². The number of benzene rings is 2. The molecule has 0 atom stereocenters. The van der Waals surface area contributed by atoms with E-state index in [0.29, 0.717) is 5.76 Å². The van der Waals surface area contributed by atoms with Gasteiger partial charge in [-0.3, -0.25) is 4.79 Å². The van der Waals surface area contributed by atoms with Crippen LogP contribution in [0.25, 0.3) is 11.7 Å². The first-order valence-corrected chi connectivity index (χ1v) is 12.5. The monoisotopic (exact) mass is 495 g/mol. The van der Waals surface area contributed by atoms with Gasteiger partial charge in [0.2, 0.25) is 20.7 Å². The molecule has 35 heavy (non-hydrogen) atoms. The molecular formula is C25H22FN3O5S. The molecule has 2 aromatic carbocycles. The second kappa shape index (κ2) is 9.03. The highest BCUT2D eigenvalue weighted by molar-refractivity contribution is 7.91. The minimum Gasteiger partial charge on any atom is -0.459 e. The van der Waals surface area contributed by atoms with E-state index in [-0.39, 0.29) is 53.4 Å². The van der Waals surface area contributed by atoms with E-state index < -0.39 is 21.6 Å². The maximum Gasteiger partial charge on any atom is 0.266 e. The lowest BCUT2D eigenvalue weighted by Crippen LogP contribution is -2.49. The number of piperazine rings is 1. The molecule has 1 saturated heterocycles. The lowest BCUT2D eigenvalue weighted by molar-refractivity contribution is 0.0740. The molecule has 180 valence electrons. The van der Waals surface area contributed by atoms with Crippen molar-refractivity contribution in [3.8, 4) is 11.7 Å². The number of hydrogen-bond acceptors (Lipinski definition) is 7. The summed E-state index contributed by atoms with van der Waals surface area (Å²) in [6.45, 7) is 2.95. The molecule has 8 nitrogen and oxygen atoms in total. The molecule has 4 aromatic rings. The van der Waals surface area contributed by atoms with Gasteiger partial charge in [-0.05, 0) is 43.3 Å². The number of aromatic nitrogens is 1. The Kier molecular flexibility index (Phi) is 5.89. The fourth-order valence-corrected chi connectivity index (χ4v) is 5.25. The molecule has 0 N–H and O–H groups in total. The predicted octanol–water partition coefficient (Wildman–Crippen LogP) is 4.18. The third kappa shape index (κ3) is 4.32. The summed E-state index contributed by atoms with van der Waals surface area (Å²) in [4.78, 5) is 20.4. The number of furan rings is 1. The summed E-state index contributed by atoms with van der Waals surface area (Å²) in [5.74, 6) is -0.575. The molecule has 0 bridgehead atoms. The first kappa shape index (κ1) is 22.9. The molecule has 3 heterocycles. The zero-order chi connectivity index (χ0) is 24.6. The van der Waals surface area contributed by atoms with Crippen molar-refractivity contribution in [3.63, 3.8) is 0 Å². The van der Waals surface area contributed by atoms with Crippen LogP contribution in [0.3, 0.4) is 0 Å². The fourth-order valence-electron chi connectivity index (χ4n) is 3.93. The first-order chi connectivity index (χ1) is 16.8. The highest BCUT2D eigenvalue weighted by Gasteiger charge is 2.34. The van der Waals surface area contributed by atoms with E-state index in [1.54, 1.807) is 35.2 Å². The molecule has 0 unspecified atom stereocenters. The maximum atomic E-state index is 14.1. The van der Waals surface area contributed by atoms with Gasteiger partial charge in [-0.1, -0.05) is 29.8 Å². The Labute approximate surface area is 201 Å². The maximum absolute atomic E-state index is 14.1. The quantitative estimate of drug-likeness (QED) is 0.410. The number of rotatable bonds is 5. The van der Waals surface area contributed by atoms with Gasteiger partial charge in [0.1, 0.15) is 5.82 Å². The largest absolute Gasteiger partial charge is 0.459 e. The summed E-state index contributed by atoms with van der Waals surface area (Å²) in [5.41, 5.74) is 0.930. The van der Waals surface area contributed by atoms with Crippen LogP contribution in [-0.4, -0.2) is 50.4 Å². The minimum atomic E-state index is -4.00. The van der Waals surface area contributed by atoms with Crippen molar-refractivity contribution in [1.29, 1.82) is 0 Å². The van der Waals surface area contributed by atoms with Gasteiger partial charge in [0.25, 0.3) is 11.8 Å². The number of anilines is 1. The van der Waals surface area contributed by atoms with Crippen LogP contribution in [0.15, 0.2) is 85.7 Å². The fraction of sp³-hybridized carbons (Fsp3) is 0.200. The molecule has 0 spiro atoms. The van der Waals surface area contributed by atoms with Crippen LogP contribution in [0.5, 0.6) is 0 Å². The molecule has 1 aliphatic rings. The molecule has 1 aliphatic heterocycles. The van der Waals surface area contributed by atoms with E-state index in [1.807, 2.05) is 6.92 Å². The summed E-state index contributed by atoms with van der Waals surface area (Å²) in [6.07, 6.45) is 1.44. The number of carbonyl (C=O) groups excluding carboxylic acids is 1. The zero-order valence-electron chi connectivity index (χ0n) is 18.8. The van der Waals surface area contributed by atoms with Crippen LogP contribution in [0.4, 0.5) is 10.3 Å². The number of sulfone groups is 1. The van der Waals surface area contributed by atoms with Gasteiger partial charge in [0.15, 0.2) is 5.76 Å². The highest BCUT2D eigenvalue weighted by atomic mass is 32.2. The van der Waals surface area contributed by atoms with Crippen molar-refractivity contribution in [2.75, 3.05) is 31.1 Å². The molecule has 0 radical (unpaired) electrons. The normalized spacial score (nSPS) is 14.3. The Hall–Kier alpha value is -3.92. The lowest BCUT2D eigenvalue weighted by Gasteiger charge is -2.34. The molecule has 2 aromatic heterocycles. The predicted molar refractivity (Wildman–Crippen MR) is 125 cm³/mol. The number of hydrogen-bond donors (Lipinski definition) is 0. The number of oxazole rings is 1. The average molecular weight is 496 g/mol. The number of aryl methyl sites for hydroxylation is 1. The Balaban J connectivity index is 1.45. The molecule has 0 saturated carbocycles. The van der Waals surface area contributed by atoms with Gasteiger partial charge < -0.3 is 18.6 Å². The van der Waals surface area contributed by atoms with Crippen LogP contribution >= 0.6 is 0 Å². The van der Waals surface area contributed by atoms with Gasteiger partial charge in [-0.15, -0.1) is 0 Å². The smallest absolute Gasteiger partial charge is 0.266 e. The minimum absolute atomic E-state index is 0.00311. The molecule has 10 heteroatoms. The Bertz CT molecular complexity index is 1460. The Morgan fingerprint density at radius 3 is 2.34 bits per heavy atom. The van der Waals surface area contributed by atoms with Crippen molar-refractivity contribution in [3.05, 3.63) is 83.9 Å². The molecule has 5 rings (SSSR count). The van der Waals surface area contributed by atoms with E-state index in [4.69, 9.17) is 8.83 Å². The third-order valence-corrected chi connectivity index (χ3v) is 7.52. The highest BCUT2D eigenvalue weighted by Crippen LogP contribution is 2.35. The molecule has 0 aliphatic carbocycles. The molecule has 1 amide bonds. The van der Waals surface area contributed by atoms with Crippen molar-refractivity contribution in [2.24, 2.45) is 0 Å². The van der Waals surface area contributed by atoms with Gasteiger partial charge in [-0.25, -0.2) is 12.8 Å². The van der Waals surface area contributed by atoms with E-state index in [0.717, 1.165) is 5.56 Å². The first-order valence-electron chi connectivity index (χ1n) is 11.0. The summed E-state index contributed by atoms with van der Waals surface area (Å²) >= 11 is 0. The van der Waals surface area contributed by atoms with Gasteiger partial charge in [0, 0.05) is 26.2 Å². The molecular weight excluding hydrogens is 473 g/mol. The second-order valence-electron chi connectivity index (χ2n) is 8.18. The SMILES string of the molecule is Cc1ccc(S(=O)(=O)c2nc(-c3ccco3)oc2N2CCN(C(=O)c3ccccc3F)CC2)cc1. The number of amides is 1. The van der Waals surface area contributed by atoms with Crippen LogP contribution in [0.2, 0.25) is 0 Å². The molecule has 1 fully saturated rings. The van der Waals surface area contributed by atoms with Gasteiger partial charge in [-0.2, -0.15) is 4.98 Å². The van der Waals surface area contributed by atoms with Crippen LogP contribution < -0.4 is 4.90 Å². The topological polar surface area (TPSA) is 96.9 Å². The van der Waals surface area contributed by atoms with Gasteiger partial charge >= 0.3 is 0 Å². The van der Waals surface area contributed by atoms with E-state index in [1.165, 1.54) is 41.5 Å². The standard InChI is InChI=1S/C25H22FN3O5S/c1-17-8-10-18(11-9-17)35(31,32)23-25(34-22(27-23)21-7-4-16-33-21)29-14-12-28(13-15-29)24(30)19-5-2-3-6-20(19)26/h2-11,16H,12-15H2,1H3. The third-order valence-electron chi connectivity index (χ3n) is 5.86. The summed E-state index contributed by atoms with van der Waals surface area (Å²) in [6, 6.07) is 15.6. The summed E-state index contributed by atoms with van der Waals surface area (Å²) < 4.78 is 52.4. The van der Waals surface area contributed by atoms with E-state index in [9.17, 15) is 17.6 Å². The Morgan fingerprint density at radius 2 is 1.69 bits per heavy atom. The number of carbonyl (C=O) groups is 1. The van der Waals surface area contributed by atoms with Crippen LogP contribution in [0, 0.1) is 12.7 Å². The number of nitrogens with zero attached hydrogens (tertiary/aromatic N) is 3. The van der Waals surface area contributed by atoms with E-state index in [2.05, 4.69) is 4.98 Å². The van der Waals surface area contributed by atoms with Crippen LogP contribution in [0.1, 0.15) is 15.9 Å². The van der Waals surface area contributed by atoms with Crippen LogP contribution in [-0.2, 0) is 9.84 Å². The van der Waals surface area contributed by atoms with E-state index >= 15 is 0 Å². The number of halogens is 1. The second-order valence-corrected chi connectivity index (χ2v) is 10.0. The van der Waals surface area contributed by atoms with Crippen molar-refractivity contribution in [1.82, 2.24) is 9.88 Å². The average Bonchev–Trinajstić information content (AvgIpc) is 3.55. The summed E-state index contributed by atoms with van der Waals surface area (Å²) in [7, 11) is -4.00. The lowest BCUT2D eigenvalue weighted by atomic mass is 10.1. The van der Waals surface area contributed by atoms with Crippen molar-refractivity contribution in [2.45, 2.75) is 16.8 Å². The van der Waals surface area contributed by atoms with Crippen molar-refractivity contribution < 1.29 is 26.4 Å². The summed E-state index contributed by atoms with van der Waals surface area (Å²) in [5, 5.41) is -0.221. The Morgan fingerprint density at radius 1 is 0.971 bits per heavy atom.